The van der Waals surface area contributed by atoms with Crippen LogP contribution in [0.4, 0.5) is 21.0 Å². The Labute approximate surface area is 551 Å². The third-order valence-electron chi connectivity index (χ3n) is 13.0. The number of ether oxygens (including phenoxy) is 4. The van der Waals surface area contributed by atoms with Crippen molar-refractivity contribution in [2.24, 2.45) is 17.2 Å². The third kappa shape index (κ3) is 28.2. The van der Waals surface area contributed by atoms with E-state index in [0.29, 0.717) is 16.8 Å². The molecule has 1 heterocycles. The van der Waals surface area contributed by atoms with Crippen LogP contribution in [0.5, 0.6) is 0 Å². The summed E-state index contributed by atoms with van der Waals surface area (Å²) in [5, 5.41) is 20.2. The number of anilines is 2. The highest BCUT2D eigenvalue weighted by molar-refractivity contribution is 6.07. The number of benzene rings is 6. The lowest BCUT2D eigenvalue weighted by Gasteiger charge is -2.21. The fraction of sp³-hybridized carbons (Fsp3) is 0.347. The Hall–Kier alpha value is -10.0. The molecule has 1 unspecified atom stereocenters. The molecule has 5 atom stereocenters. The fourth-order valence-electron chi connectivity index (χ4n) is 8.35. The number of nitrogens with two attached hydrogens (primary N) is 3. The molecule has 0 fully saturated rings. The van der Waals surface area contributed by atoms with Gasteiger partial charge in [0.05, 0.1) is 25.6 Å². The Morgan fingerprint density at radius 3 is 1.31 bits per heavy atom. The van der Waals surface area contributed by atoms with Gasteiger partial charge in [0.15, 0.2) is 5.78 Å². The van der Waals surface area contributed by atoms with Gasteiger partial charge in [-0.1, -0.05) is 109 Å². The SMILES string of the molecule is COC(=O)[C@H](C)N.COC(=O)[C@H](C)NC(=O)OC(C)(C)C.C[C@H](N)C(=O)O.Cc1cccc(C)c1C(=O)Nc1ccccc1.Cc1cccc(CC(=O)C(C)NC(=O)OC(C)(C)C)c1C(=O)Nc1ccccc1.Cc1cccc2cc([C@H](C)N)n(-c3ccccc3)c(=O)c12. The second-order valence-corrected chi connectivity index (χ2v) is 23.7. The van der Waals surface area contributed by atoms with Crippen molar-refractivity contribution >= 4 is 69.8 Å². The van der Waals surface area contributed by atoms with Crippen LogP contribution in [0.25, 0.3) is 16.5 Å². The molecule has 7 aromatic rings. The number of pyridine rings is 1. The van der Waals surface area contributed by atoms with Gasteiger partial charge in [0.2, 0.25) is 0 Å². The number of aryl methyl sites for hydroxylation is 4. The van der Waals surface area contributed by atoms with Crippen LogP contribution < -0.4 is 44.0 Å². The van der Waals surface area contributed by atoms with Gasteiger partial charge in [-0.3, -0.25) is 33.3 Å². The van der Waals surface area contributed by atoms with Gasteiger partial charge in [-0.2, -0.15) is 0 Å². The van der Waals surface area contributed by atoms with Crippen molar-refractivity contribution in [2.75, 3.05) is 24.9 Å². The summed E-state index contributed by atoms with van der Waals surface area (Å²) in [5.41, 5.74) is 23.5. The first kappa shape index (κ1) is 80.1. The minimum atomic E-state index is -0.963. The number of methoxy groups -OCH3 is 2. The maximum Gasteiger partial charge on any atom is 0.408 e. The fourth-order valence-corrected chi connectivity index (χ4v) is 8.35. The number of para-hydroxylation sites is 3. The summed E-state index contributed by atoms with van der Waals surface area (Å²) in [6.45, 7) is 26.2. The highest BCUT2D eigenvalue weighted by Gasteiger charge is 2.25. The van der Waals surface area contributed by atoms with Crippen molar-refractivity contribution < 1.29 is 62.4 Å². The molecule has 0 radical (unpaired) electrons. The van der Waals surface area contributed by atoms with Gasteiger partial charge >= 0.3 is 30.1 Å². The molecule has 7 rings (SSSR count). The van der Waals surface area contributed by atoms with E-state index < -0.39 is 59.5 Å². The minimum absolute atomic E-state index is 0.0101. The first-order valence-electron chi connectivity index (χ1n) is 30.2. The third-order valence-corrected chi connectivity index (χ3v) is 13.0. The summed E-state index contributed by atoms with van der Waals surface area (Å²) in [4.78, 5) is 104. The summed E-state index contributed by atoms with van der Waals surface area (Å²) >= 11 is 0. The molecule has 11 N–H and O–H groups in total. The number of amides is 4. The highest BCUT2D eigenvalue weighted by atomic mass is 16.6. The Morgan fingerprint density at radius 2 is 0.904 bits per heavy atom. The number of rotatable bonds is 14. The Morgan fingerprint density at radius 1 is 0.511 bits per heavy atom. The lowest BCUT2D eigenvalue weighted by atomic mass is 9.95. The standard InChI is InChI=1S/C23H28N2O4.C18H18N2O.C15H15NO.C9H17NO4.C4H9NO2.C3H7NO2/c1-15-10-9-11-17(20(15)21(27)25-18-12-7-6-8-13-18)14-19(26)16(2)24-22(28)29-23(3,4)5;1-12-7-6-8-14-11-16(13(2)19)20(18(21)17(12)14)15-9-4-3-5-10-15;1-11-7-6-8-12(2)14(11)15(17)16-13-9-4-3-5-10-13;1-6(7(11)13-5)10-8(12)14-9(2,3)4;1-3(5)4(6)7-2;1-2(4)3(5)6/h6-13,16H,14H2,1-5H3,(H,24,28)(H,25,27);3-11,13H,19H2,1-2H3;3-10H,1-2H3,(H,16,17);6H,1-5H3,(H,10,12);3H,5H2,1-2H3;2H,4H2,1H3,(H,5,6)/t;13-;;6-;3-;2-/m.0.000/s1. The molecule has 6 aromatic carbocycles. The number of carboxylic acids is 1. The minimum Gasteiger partial charge on any atom is -0.480 e. The lowest BCUT2D eigenvalue weighted by molar-refractivity contribution is -0.143. The zero-order chi connectivity index (χ0) is 71.2. The quantitative estimate of drug-likeness (QED) is 0.0370. The van der Waals surface area contributed by atoms with Crippen LogP contribution >= 0.6 is 0 Å². The average Bonchev–Trinajstić information content (AvgIpc) is 0.768. The molecular formula is C72H94N8O14. The molecule has 22 heteroatoms. The second kappa shape index (κ2) is 38.7. The molecule has 0 spiro atoms. The van der Waals surface area contributed by atoms with Gasteiger partial charge < -0.3 is 62.5 Å². The van der Waals surface area contributed by atoms with E-state index in [-0.39, 0.29) is 41.6 Å². The molecule has 0 aliphatic carbocycles. The van der Waals surface area contributed by atoms with Gasteiger partial charge in [-0.15, -0.1) is 0 Å². The van der Waals surface area contributed by atoms with Crippen LogP contribution in [-0.4, -0.2) is 107 Å². The monoisotopic (exact) mass is 1290 g/mol. The van der Waals surface area contributed by atoms with Crippen LogP contribution in [0.3, 0.4) is 0 Å². The number of ketones is 1. The molecule has 0 saturated carbocycles. The number of Topliss-reactive ketones (excluding diaryl/α,β-unsaturated/α-hetero) is 1. The number of carbonyl (C=O) groups excluding carboxylic acids is 7. The molecule has 0 bridgehead atoms. The van der Waals surface area contributed by atoms with Crippen LogP contribution in [0.1, 0.15) is 136 Å². The van der Waals surface area contributed by atoms with Gasteiger partial charge in [0, 0.05) is 46.3 Å². The summed E-state index contributed by atoms with van der Waals surface area (Å²) in [6, 6.07) is 44.6. The molecule has 0 aliphatic heterocycles. The number of nitrogens with zero attached hydrogens (tertiary/aromatic N) is 1. The lowest BCUT2D eigenvalue weighted by Crippen LogP contribution is -2.42. The second-order valence-electron chi connectivity index (χ2n) is 23.7. The van der Waals surface area contributed by atoms with Crippen molar-refractivity contribution in [3.8, 4) is 5.69 Å². The molecule has 94 heavy (non-hydrogen) atoms. The van der Waals surface area contributed by atoms with Crippen molar-refractivity contribution in [3.05, 3.63) is 207 Å². The van der Waals surface area contributed by atoms with Crippen molar-refractivity contribution in [3.63, 3.8) is 0 Å². The Balaban J connectivity index is 0.000000411. The summed E-state index contributed by atoms with van der Waals surface area (Å²) in [5.74, 6) is -2.38. The van der Waals surface area contributed by atoms with Gasteiger partial charge in [-0.05, 0) is 180 Å². The number of esters is 2. The Bertz CT molecular complexity index is 3670. The predicted octanol–water partition coefficient (Wildman–Crippen LogP) is 11.1. The smallest absolute Gasteiger partial charge is 0.408 e. The summed E-state index contributed by atoms with van der Waals surface area (Å²) in [7, 11) is 2.57. The van der Waals surface area contributed by atoms with Crippen LogP contribution in [0, 0.1) is 27.7 Å². The number of fused-ring (bicyclic) bond motifs is 1. The van der Waals surface area contributed by atoms with E-state index in [1.807, 2.05) is 168 Å². The number of hydrogen-bond acceptors (Lipinski definition) is 16. The van der Waals surface area contributed by atoms with Crippen molar-refractivity contribution in [2.45, 2.75) is 152 Å². The first-order chi connectivity index (χ1) is 43.9. The molecular weight excluding hydrogens is 1200 g/mol. The van der Waals surface area contributed by atoms with E-state index in [0.717, 1.165) is 55.7 Å². The van der Waals surface area contributed by atoms with E-state index in [2.05, 4.69) is 30.7 Å². The summed E-state index contributed by atoms with van der Waals surface area (Å²) in [6.07, 6.45) is -1.25. The first-order valence-corrected chi connectivity index (χ1v) is 30.2. The Kier molecular flexibility index (Phi) is 33.0. The van der Waals surface area contributed by atoms with E-state index >= 15 is 0 Å². The maximum atomic E-state index is 13.0. The average molecular weight is 1300 g/mol. The molecule has 22 nitrogen and oxygen atoms in total. The van der Waals surface area contributed by atoms with Gasteiger partial charge in [0.25, 0.3) is 17.4 Å². The van der Waals surface area contributed by atoms with E-state index in [1.165, 1.54) is 28.1 Å². The zero-order valence-corrected chi connectivity index (χ0v) is 57.0. The molecule has 0 saturated heterocycles. The number of hydrogen-bond donors (Lipinski definition) is 8. The molecule has 1 aromatic heterocycles. The van der Waals surface area contributed by atoms with Crippen LogP contribution in [0.2, 0.25) is 0 Å². The van der Waals surface area contributed by atoms with E-state index in [9.17, 15) is 43.2 Å². The number of alkyl carbamates (subject to hydrolysis) is 2. The topological polar surface area (TPSA) is 342 Å². The number of carbonyl (C=O) groups is 8. The van der Waals surface area contributed by atoms with E-state index in [1.54, 1.807) is 78.2 Å². The number of aromatic nitrogens is 1. The van der Waals surface area contributed by atoms with Gasteiger partial charge in [-0.25, -0.2) is 14.4 Å². The van der Waals surface area contributed by atoms with Crippen LogP contribution in [-0.2, 0) is 44.5 Å². The molecule has 0 aliphatic rings. The maximum absolute atomic E-state index is 13.0. The zero-order valence-electron chi connectivity index (χ0n) is 57.0. The normalized spacial score (nSPS) is 12.1. The number of carboxylic acid groups (broad SMARTS) is 1. The summed E-state index contributed by atoms with van der Waals surface area (Å²) < 4.78 is 20.5. The van der Waals surface area contributed by atoms with Gasteiger partial charge in [0.1, 0.15) is 29.3 Å². The van der Waals surface area contributed by atoms with E-state index in [4.69, 9.17) is 31.8 Å². The predicted molar refractivity (Wildman–Crippen MR) is 368 cm³/mol. The largest absolute Gasteiger partial charge is 0.480 e. The number of aliphatic carboxylic acids is 1. The highest BCUT2D eigenvalue weighted by Crippen LogP contribution is 2.23. The van der Waals surface area contributed by atoms with Crippen LogP contribution in [0.15, 0.2) is 156 Å². The molecule has 4 amide bonds. The number of nitrogens with one attached hydrogen (secondary N) is 4. The molecule has 506 valence electrons. The van der Waals surface area contributed by atoms with Crippen molar-refractivity contribution in [1.29, 1.82) is 0 Å². The van der Waals surface area contributed by atoms with Crippen molar-refractivity contribution in [1.82, 2.24) is 15.2 Å².